The minimum atomic E-state index is -0.913. The second-order valence-corrected chi connectivity index (χ2v) is 8.67. The van der Waals surface area contributed by atoms with Gasteiger partial charge in [-0.15, -0.1) is 0 Å². The highest BCUT2D eigenvalue weighted by atomic mass is 16.7. The second-order valence-electron chi connectivity index (χ2n) is 8.67. The number of nitrogen functional groups attached to an aromatic ring is 1. The summed E-state index contributed by atoms with van der Waals surface area (Å²) in [4.78, 5) is 21.4. The van der Waals surface area contributed by atoms with Crippen molar-refractivity contribution in [3.05, 3.63) is 130 Å². The van der Waals surface area contributed by atoms with Crippen LogP contribution in [0.5, 0.6) is 0 Å². The van der Waals surface area contributed by atoms with Gasteiger partial charge in [0.25, 0.3) is 0 Å². The highest BCUT2D eigenvalue weighted by Gasteiger charge is 2.42. The Hall–Kier alpha value is -3.82. The molecule has 0 bridgehead atoms. The summed E-state index contributed by atoms with van der Waals surface area (Å²) in [5, 5.41) is 0. The standard InChI is InChI=1S/C28H28N4O4/c29-25-16-17-32(27(33)31-25)26-18-23(36-30)24(35-26)19-34-28(20-10-4-1-5-11-20,21-12-6-2-7-13-21)22-14-8-3-9-15-22/h1-17,23-24,26H,18-19,30H2,(H2,29,31,33)/t23?,24-,26-/m1/s1. The quantitative estimate of drug-likeness (QED) is 0.291. The minimum Gasteiger partial charge on any atom is -0.383 e. The third-order valence-electron chi connectivity index (χ3n) is 6.52. The largest absolute Gasteiger partial charge is 0.383 e. The van der Waals surface area contributed by atoms with Gasteiger partial charge in [-0.05, 0) is 22.8 Å². The van der Waals surface area contributed by atoms with E-state index in [9.17, 15) is 4.79 Å². The monoisotopic (exact) mass is 484 g/mol. The Morgan fingerprint density at radius 1 is 0.889 bits per heavy atom. The number of hydrogen-bond acceptors (Lipinski definition) is 7. The Morgan fingerprint density at radius 3 is 1.89 bits per heavy atom. The van der Waals surface area contributed by atoms with Crippen LogP contribution in [0.25, 0.3) is 0 Å². The Kier molecular flexibility index (Phi) is 6.92. The molecular weight excluding hydrogens is 456 g/mol. The first kappa shape index (κ1) is 23.9. The van der Waals surface area contributed by atoms with E-state index < -0.39 is 29.7 Å². The molecule has 5 rings (SSSR count). The summed E-state index contributed by atoms with van der Waals surface area (Å²) < 4.78 is 14.5. The number of nitrogens with two attached hydrogens (primary N) is 2. The van der Waals surface area contributed by atoms with Crippen LogP contribution >= 0.6 is 0 Å². The molecule has 0 spiro atoms. The van der Waals surface area contributed by atoms with E-state index in [1.807, 2.05) is 54.6 Å². The van der Waals surface area contributed by atoms with Crippen LogP contribution in [0.1, 0.15) is 29.3 Å². The van der Waals surface area contributed by atoms with Gasteiger partial charge in [0.2, 0.25) is 0 Å². The first-order valence-electron chi connectivity index (χ1n) is 11.8. The Morgan fingerprint density at radius 2 is 1.42 bits per heavy atom. The molecule has 1 fully saturated rings. The number of rotatable bonds is 8. The maximum atomic E-state index is 12.4. The molecule has 184 valence electrons. The van der Waals surface area contributed by atoms with Crippen molar-refractivity contribution in [2.75, 3.05) is 12.3 Å². The lowest BCUT2D eigenvalue weighted by molar-refractivity contribution is -0.105. The summed E-state index contributed by atoms with van der Waals surface area (Å²) in [5.74, 6) is 5.79. The molecule has 0 amide bonds. The second kappa shape index (κ2) is 10.4. The van der Waals surface area contributed by atoms with E-state index >= 15 is 0 Å². The summed E-state index contributed by atoms with van der Waals surface area (Å²) in [7, 11) is 0. The first-order valence-corrected chi connectivity index (χ1v) is 11.8. The predicted molar refractivity (Wildman–Crippen MR) is 136 cm³/mol. The van der Waals surface area contributed by atoms with E-state index in [1.54, 1.807) is 12.3 Å². The molecule has 4 N–H and O–H groups in total. The van der Waals surface area contributed by atoms with Crippen molar-refractivity contribution in [3.8, 4) is 0 Å². The predicted octanol–water partition coefficient (Wildman–Crippen LogP) is 3.38. The summed E-state index contributed by atoms with van der Waals surface area (Å²) in [6, 6.07) is 31.8. The molecule has 8 heteroatoms. The van der Waals surface area contributed by atoms with Gasteiger partial charge in [0.05, 0.1) is 6.61 Å². The molecule has 4 aromatic rings. The van der Waals surface area contributed by atoms with E-state index in [0.717, 1.165) is 16.7 Å². The summed E-state index contributed by atoms with van der Waals surface area (Å²) in [5.41, 5.74) is 7.15. The van der Waals surface area contributed by atoms with Crippen molar-refractivity contribution in [2.45, 2.75) is 30.5 Å². The summed E-state index contributed by atoms with van der Waals surface area (Å²) >= 11 is 0. The van der Waals surface area contributed by atoms with Crippen LogP contribution < -0.4 is 17.3 Å². The molecule has 3 atom stereocenters. The van der Waals surface area contributed by atoms with Gasteiger partial charge in [-0.2, -0.15) is 4.98 Å². The molecule has 1 aliphatic rings. The minimum absolute atomic E-state index is 0.152. The van der Waals surface area contributed by atoms with Gasteiger partial charge >= 0.3 is 5.69 Å². The van der Waals surface area contributed by atoms with Crippen molar-refractivity contribution in [1.29, 1.82) is 0 Å². The molecule has 0 saturated carbocycles. The molecule has 1 aromatic heterocycles. The molecule has 2 heterocycles. The number of nitrogens with zero attached hydrogens (tertiary/aromatic N) is 2. The van der Waals surface area contributed by atoms with Crippen molar-refractivity contribution in [1.82, 2.24) is 9.55 Å². The van der Waals surface area contributed by atoms with E-state index in [2.05, 4.69) is 41.4 Å². The zero-order valence-electron chi connectivity index (χ0n) is 19.6. The maximum Gasteiger partial charge on any atom is 0.351 e. The molecule has 3 aromatic carbocycles. The van der Waals surface area contributed by atoms with E-state index in [4.69, 9.17) is 25.9 Å². The van der Waals surface area contributed by atoms with Crippen molar-refractivity contribution in [2.24, 2.45) is 5.90 Å². The van der Waals surface area contributed by atoms with Crippen LogP contribution in [0.15, 0.2) is 108 Å². The van der Waals surface area contributed by atoms with Gasteiger partial charge in [0.1, 0.15) is 29.9 Å². The topological polar surface area (TPSA) is 115 Å². The lowest BCUT2D eigenvalue weighted by Gasteiger charge is -2.37. The average molecular weight is 485 g/mol. The highest BCUT2D eigenvalue weighted by Crippen LogP contribution is 2.41. The van der Waals surface area contributed by atoms with Crippen LogP contribution in [0.4, 0.5) is 5.82 Å². The van der Waals surface area contributed by atoms with Crippen molar-refractivity contribution < 1.29 is 14.3 Å². The lowest BCUT2D eigenvalue weighted by Crippen LogP contribution is -2.39. The fourth-order valence-corrected chi connectivity index (χ4v) is 4.79. The lowest BCUT2D eigenvalue weighted by atomic mass is 9.80. The molecule has 36 heavy (non-hydrogen) atoms. The highest BCUT2D eigenvalue weighted by molar-refractivity contribution is 5.47. The normalized spacial score (nSPS) is 19.9. The molecule has 1 unspecified atom stereocenters. The van der Waals surface area contributed by atoms with Crippen LogP contribution in [0.2, 0.25) is 0 Å². The van der Waals surface area contributed by atoms with Crippen molar-refractivity contribution in [3.63, 3.8) is 0 Å². The molecule has 0 radical (unpaired) electrons. The van der Waals surface area contributed by atoms with E-state index in [0.29, 0.717) is 6.42 Å². The van der Waals surface area contributed by atoms with Gasteiger partial charge in [-0.1, -0.05) is 91.0 Å². The van der Waals surface area contributed by atoms with Crippen LogP contribution in [0, 0.1) is 0 Å². The third-order valence-corrected chi connectivity index (χ3v) is 6.52. The van der Waals surface area contributed by atoms with E-state index in [-0.39, 0.29) is 12.4 Å². The van der Waals surface area contributed by atoms with E-state index in [1.165, 1.54) is 4.57 Å². The number of ether oxygens (including phenoxy) is 2. The van der Waals surface area contributed by atoms with Gasteiger partial charge in [0.15, 0.2) is 0 Å². The number of anilines is 1. The first-order chi connectivity index (χ1) is 17.6. The molecule has 1 aliphatic heterocycles. The van der Waals surface area contributed by atoms with Crippen molar-refractivity contribution >= 4 is 5.82 Å². The number of aromatic nitrogens is 2. The Labute approximate surface area is 209 Å². The average Bonchev–Trinajstić information content (AvgIpc) is 3.34. The maximum absolute atomic E-state index is 12.4. The van der Waals surface area contributed by atoms with Crippen LogP contribution in [-0.4, -0.2) is 28.4 Å². The van der Waals surface area contributed by atoms with Crippen LogP contribution in [-0.2, 0) is 19.9 Å². The fourth-order valence-electron chi connectivity index (χ4n) is 4.79. The molecule has 8 nitrogen and oxygen atoms in total. The van der Waals surface area contributed by atoms with Gasteiger partial charge in [-0.3, -0.25) is 9.40 Å². The van der Waals surface area contributed by atoms with Gasteiger partial charge in [0, 0.05) is 12.6 Å². The summed E-state index contributed by atoms with van der Waals surface area (Å²) in [6.07, 6.45) is 0.311. The SMILES string of the molecule is NOC1C[C@H](n2ccc(N)nc2=O)O[C@@H]1COC(c1ccccc1)(c1ccccc1)c1ccccc1. The van der Waals surface area contributed by atoms with Gasteiger partial charge in [-0.25, -0.2) is 10.7 Å². The zero-order valence-corrected chi connectivity index (χ0v) is 19.6. The third kappa shape index (κ3) is 4.55. The van der Waals surface area contributed by atoms with Gasteiger partial charge < -0.3 is 15.2 Å². The van der Waals surface area contributed by atoms with Crippen LogP contribution in [0.3, 0.4) is 0 Å². The fraction of sp³-hybridized carbons (Fsp3) is 0.214. The Balaban J connectivity index is 1.51. The molecule has 0 aliphatic carbocycles. The summed E-state index contributed by atoms with van der Waals surface area (Å²) in [6.45, 7) is 0.161. The Bertz CT molecular complexity index is 1240. The number of hydrogen-bond donors (Lipinski definition) is 2. The molecule has 1 saturated heterocycles. The molecular formula is C28H28N4O4. The zero-order chi connectivity index (χ0) is 25.0. The smallest absolute Gasteiger partial charge is 0.351 e. The number of benzene rings is 3.